The Bertz CT molecular complexity index is 621. The summed E-state index contributed by atoms with van der Waals surface area (Å²) >= 11 is 0. The van der Waals surface area contributed by atoms with Crippen LogP contribution in [0.1, 0.15) is 21.5 Å². The van der Waals surface area contributed by atoms with Crippen molar-refractivity contribution in [1.29, 1.82) is 0 Å². The van der Waals surface area contributed by atoms with Crippen LogP contribution in [-0.2, 0) is 0 Å². The van der Waals surface area contributed by atoms with E-state index in [0.29, 0.717) is 18.7 Å². The average molecular weight is 284 g/mol. The fourth-order valence-corrected chi connectivity index (χ4v) is 2.01. The minimum Gasteiger partial charge on any atom is -0.492 e. The Morgan fingerprint density at radius 1 is 1.14 bits per heavy atom. The first kappa shape index (κ1) is 15.1. The Labute approximate surface area is 124 Å². The van der Waals surface area contributed by atoms with Gasteiger partial charge in [-0.25, -0.2) is 0 Å². The van der Waals surface area contributed by atoms with E-state index in [1.807, 2.05) is 56.3 Å². The molecule has 0 aliphatic heterocycles. The average Bonchev–Trinajstić information content (AvgIpc) is 2.49. The minimum atomic E-state index is -0.105. The van der Waals surface area contributed by atoms with E-state index in [-0.39, 0.29) is 5.91 Å². The third-order valence-corrected chi connectivity index (χ3v) is 3.35. The third kappa shape index (κ3) is 3.83. The molecule has 1 amide bonds. The van der Waals surface area contributed by atoms with Crippen molar-refractivity contribution in [1.82, 2.24) is 0 Å². The van der Waals surface area contributed by atoms with Gasteiger partial charge < -0.3 is 15.8 Å². The van der Waals surface area contributed by atoms with Crippen LogP contribution in [0.2, 0.25) is 0 Å². The number of benzene rings is 2. The van der Waals surface area contributed by atoms with Gasteiger partial charge in [0.25, 0.3) is 5.91 Å². The maximum atomic E-state index is 12.3. The van der Waals surface area contributed by atoms with Crippen molar-refractivity contribution in [2.45, 2.75) is 13.8 Å². The molecule has 0 aliphatic carbocycles. The van der Waals surface area contributed by atoms with Gasteiger partial charge >= 0.3 is 0 Å². The first-order chi connectivity index (χ1) is 10.1. The van der Waals surface area contributed by atoms with Gasteiger partial charge in [-0.05, 0) is 55.3 Å². The molecule has 0 saturated carbocycles. The molecule has 0 aliphatic rings. The molecule has 3 N–H and O–H groups in total. The van der Waals surface area contributed by atoms with Gasteiger partial charge in [-0.1, -0.05) is 12.1 Å². The van der Waals surface area contributed by atoms with Crippen LogP contribution in [0, 0.1) is 13.8 Å². The predicted molar refractivity (Wildman–Crippen MR) is 84.9 cm³/mol. The largest absolute Gasteiger partial charge is 0.492 e. The van der Waals surface area contributed by atoms with E-state index < -0.39 is 0 Å². The first-order valence-corrected chi connectivity index (χ1v) is 6.92. The van der Waals surface area contributed by atoms with Gasteiger partial charge in [0.2, 0.25) is 0 Å². The van der Waals surface area contributed by atoms with E-state index in [1.54, 1.807) is 0 Å². The van der Waals surface area contributed by atoms with Gasteiger partial charge in [0, 0.05) is 17.8 Å². The van der Waals surface area contributed by atoms with Gasteiger partial charge in [0.1, 0.15) is 12.4 Å². The van der Waals surface area contributed by atoms with E-state index in [0.717, 1.165) is 22.6 Å². The van der Waals surface area contributed by atoms with Crippen molar-refractivity contribution < 1.29 is 9.53 Å². The number of carbonyl (C=O) groups is 1. The van der Waals surface area contributed by atoms with Crippen molar-refractivity contribution in [3.63, 3.8) is 0 Å². The van der Waals surface area contributed by atoms with Gasteiger partial charge in [-0.15, -0.1) is 0 Å². The number of amides is 1. The number of hydrogen-bond donors (Lipinski definition) is 2. The molecule has 2 aromatic rings. The number of hydrogen-bond acceptors (Lipinski definition) is 3. The van der Waals surface area contributed by atoms with Crippen LogP contribution in [0.15, 0.2) is 42.5 Å². The van der Waals surface area contributed by atoms with Crippen molar-refractivity contribution in [3.8, 4) is 5.75 Å². The molecule has 0 atom stereocenters. The van der Waals surface area contributed by atoms with E-state index in [4.69, 9.17) is 10.5 Å². The second-order valence-corrected chi connectivity index (χ2v) is 4.86. The number of aryl methyl sites for hydroxylation is 1. The molecule has 0 unspecified atom stereocenters. The smallest absolute Gasteiger partial charge is 0.255 e. The van der Waals surface area contributed by atoms with Crippen molar-refractivity contribution in [3.05, 3.63) is 59.2 Å². The number of rotatable bonds is 5. The third-order valence-electron chi connectivity index (χ3n) is 3.35. The summed E-state index contributed by atoms with van der Waals surface area (Å²) in [6.45, 7) is 4.91. The molecular weight excluding hydrogens is 264 g/mol. The number of ether oxygens (including phenoxy) is 1. The summed E-state index contributed by atoms with van der Waals surface area (Å²) in [6.07, 6.45) is 0. The van der Waals surface area contributed by atoms with Crippen LogP contribution in [-0.4, -0.2) is 19.1 Å². The van der Waals surface area contributed by atoms with Crippen LogP contribution in [0.5, 0.6) is 5.75 Å². The fourth-order valence-electron chi connectivity index (χ4n) is 2.01. The molecule has 0 spiro atoms. The minimum absolute atomic E-state index is 0.105. The summed E-state index contributed by atoms with van der Waals surface area (Å²) in [7, 11) is 0. The van der Waals surface area contributed by atoms with Crippen LogP contribution < -0.4 is 15.8 Å². The molecule has 110 valence electrons. The SMILES string of the molecule is Cc1cccc(C(=O)Nc2ccc(OCCN)cc2)c1C. The standard InChI is InChI=1S/C17H20N2O2/c1-12-4-3-5-16(13(12)2)17(20)19-14-6-8-15(9-7-14)21-11-10-18/h3-9H,10-11,18H2,1-2H3,(H,19,20). The van der Waals surface area contributed by atoms with Crippen molar-refractivity contribution >= 4 is 11.6 Å². The zero-order valence-electron chi connectivity index (χ0n) is 12.3. The molecule has 0 heterocycles. The summed E-state index contributed by atoms with van der Waals surface area (Å²) in [6, 6.07) is 13.0. The summed E-state index contributed by atoms with van der Waals surface area (Å²) in [5.74, 6) is 0.636. The van der Waals surface area contributed by atoms with E-state index in [9.17, 15) is 4.79 Å². The lowest BCUT2D eigenvalue weighted by Gasteiger charge is -2.10. The molecule has 2 aromatic carbocycles. The molecule has 21 heavy (non-hydrogen) atoms. The lowest BCUT2D eigenvalue weighted by atomic mass is 10.0. The van der Waals surface area contributed by atoms with Crippen LogP contribution in [0.3, 0.4) is 0 Å². The van der Waals surface area contributed by atoms with Gasteiger partial charge in [-0.2, -0.15) is 0 Å². The molecular formula is C17H20N2O2. The normalized spacial score (nSPS) is 10.2. The number of nitrogens with two attached hydrogens (primary N) is 1. The van der Waals surface area contributed by atoms with Crippen molar-refractivity contribution in [2.75, 3.05) is 18.5 Å². The highest BCUT2D eigenvalue weighted by Gasteiger charge is 2.10. The Balaban J connectivity index is 2.07. The highest BCUT2D eigenvalue weighted by Crippen LogP contribution is 2.18. The number of nitrogens with one attached hydrogen (secondary N) is 1. The van der Waals surface area contributed by atoms with Crippen LogP contribution in [0.25, 0.3) is 0 Å². The molecule has 2 rings (SSSR count). The van der Waals surface area contributed by atoms with E-state index in [2.05, 4.69) is 5.32 Å². The lowest BCUT2D eigenvalue weighted by Crippen LogP contribution is -2.14. The summed E-state index contributed by atoms with van der Waals surface area (Å²) in [4.78, 5) is 12.3. The Hall–Kier alpha value is -2.33. The Kier molecular flexibility index (Phi) is 4.95. The molecule has 0 aromatic heterocycles. The van der Waals surface area contributed by atoms with Gasteiger partial charge in [-0.3, -0.25) is 4.79 Å². The first-order valence-electron chi connectivity index (χ1n) is 6.92. The van der Waals surface area contributed by atoms with Crippen LogP contribution in [0.4, 0.5) is 5.69 Å². The molecule has 0 bridgehead atoms. The van der Waals surface area contributed by atoms with Crippen LogP contribution >= 0.6 is 0 Å². The molecule has 0 fully saturated rings. The maximum Gasteiger partial charge on any atom is 0.255 e. The second kappa shape index (κ2) is 6.90. The highest BCUT2D eigenvalue weighted by atomic mass is 16.5. The van der Waals surface area contributed by atoms with Gasteiger partial charge in [0.05, 0.1) is 0 Å². The topological polar surface area (TPSA) is 64.3 Å². The monoisotopic (exact) mass is 284 g/mol. The zero-order valence-corrected chi connectivity index (χ0v) is 12.3. The number of carbonyl (C=O) groups excluding carboxylic acids is 1. The quantitative estimate of drug-likeness (QED) is 0.887. The molecule has 0 radical (unpaired) electrons. The molecule has 0 saturated heterocycles. The second-order valence-electron chi connectivity index (χ2n) is 4.86. The fraction of sp³-hybridized carbons (Fsp3) is 0.235. The summed E-state index contributed by atoms with van der Waals surface area (Å²) in [5, 5.41) is 2.89. The predicted octanol–water partition coefficient (Wildman–Crippen LogP) is 2.89. The Morgan fingerprint density at radius 2 is 1.86 bits per heavy atom. The number of anilines is 1. The summed E-state index contributed by atoms with van der Waals surface area (Å²) < 4.78 is 5.40. The Morgan fingerprint density at radius 3 is 2.52 bits per heavy atom. The molecule has 4 heteroatoms. The van der Waals surface area contributed by atoms with E-state index in [1.165, 1.54) is 0 Å². The van der Waals surface area contributed by atoms with Gasteiger partial charge in [0.15, 0.2) is 0 Å². The van der Waals surface area contributed by atoms with E-state index >= 15 is 0 Å². The highest BCUT2D eigenvalue weighted by molar-refractivity contribution is 6.05. The zero-order chi connectivity index (χ0) is 15.2. The maximum absolute atomic E-state index is 12.3. The summed E-state index contributed by atoms with van der Waals surface area (Å²) in [5.41, 5.74) is 8.91. The lowest BCUT2D eigenvalue weighted by molar-refractivity contribution is 0.102. The van der Waals surface area contributed by atoms with Crippen molar-refractivity contribution in [2.24, 2.45) is 5.73 Å². The molecule has 4 nitrogen and oxygen atoms in total.